The van der Waals surface area contributed by atoms with E-state index in [1.807, 2.05) is 13.0 Å². The molecule has 3 fully saturated rings. The van der Waals surface area contributed by atoms with Gasteiger partial charge in [-0.05, 0) is 98.9 Å². The number of carbonyl (C=O) groups excluding carboxylic acids is 3. The van der Waals surface area contributed by atoms with E-state index in [4.69, 9.17) is 0 Å². The summed E-state index contributed by atoms with van der Waals surface area (Å²) in [5.41, 5.74) is 2.14. The zero-order chi connectivity index (χ0) is 32.4. The van der Waals surface area contributed by atoms with E-state index in [9.17, 15) is 27.2 Å². The quantitative estimate of drug-likeness (QED) is 0.315. The second-order valence-corrected chi connectivity index (χ2v) is 14.9. The Kier molecular flexibility index (Phi) is 9.22. The molecule has 2 heterocycles. The highest BCUT2D eigenvalue weighted by molar-refractivity contribution is 7.92. The van der Waals surface area contributed by atoms with E-state index in [0.29, 0.717) is 53.9 Å². The van der Waals surface area contributed by atoms with Gasteiger partial charge in [0.1, 0.15) is 17.6 Å². The zero-order valence-electron chi connectivity index (χ0n) is 25.9. The summed E-state index contributed by atoms with van der Waals surface area (Å²) in [4.78, 5) is 45.5. The summed E-state index contributed by atoms with van der Waals surface area (Å²) in [6.07, 6.45) is 10.7. The van der Waals surface area contributed by atoms with Crippen molar-refractivity contribution in [1.82, 2.24) is 20.5 Å². The van der Waals surface area contributed by atoms with Gasteiger partial charge in [-0.2, -0.15) is 0 Å². The fraction of sp³-hybridized carbons (Fsp3) is 0.429. The smallest absolute Gasteiger partial charge is 0.270 e. The van der Waals surface area contributed by atoms with Crippen LogP contribution < -0.4 is 10.6 Å². The first-order valence-electron chi connectivity index (χ1n) is 16.1. The van der Waals surface area contributed by atoms with E-state index < -0.39 is 33.6 Å². The minimum Gasteiger partial charge on any atom is -0.348 e. The molecule has 0 spiro atoms. The predicted molar refractivity (Wildman–Crippen MR) is 173 cm³/mol. The van der Waals surface area contributed by atoms with Crippen LogP contribution in [0.15, 0.2) is 59.5 Å². The van der Waals surface area contributed by atoms with Crippen LogP contribution in [0.4, 0.5) is 4.39 Å². The minimum atomic E-state index is -3.43. The Morgan fingerprint density at radius 3 is 2.54 bits per heavy atom. The van der Waals surface area contributed by atoms with E-state index in [2.05, 4.69) is 21.7 Å². The van der Waals surface area contributed by atoms with Gasteiger partial charge < -0.3 is 15.5 Å². The van der Waals surface area contributed by atoms with Gasteiger partial charge >= 0.3 is 0 Å². The lowest BCUT2D eigenvalue weighted by Crippen LogP contribution is -2.49. The lowest BCUT2D eigenvalue weighted by molar-refractivity contribution is -0.137. The van der Waals surface area contributed by atoms with Crippen LogP contribution in [0.3, 0.4) is 0 Å². The number of allylic oxidation sites excluding steroid dienone is 1. The van der Waals surface area contributed by atoms with Gasteiger partial charge in [-0.1, -0.05) is 37.1 Å². The van der Waals surface area contributed by atoms with Gasteiger partial charge in [0.05, 0.1) is 28.2 Å². The topological polar surface area (TPSA) is 126 Å². The third-order valence-electron chi connectivity index (χ3n) is 9.28. The molecular formula is C35H39FN4O5S. The second-order valence-electron chi connectivity index (χ2n) is 12.6. The fourth-order valence-corrected chi connectivity index (χ4v) is 8.37. The number of sulfone groups is 1. The SMILES string of the molecule is CC(NC(=O)C1CCCN1C(=O)CNC(=O)c1ccc2cc(F)ccc2n1)c1ccc(S(=O)(=O)C2CCCC2)cc1/C=C/C1CC1. The van der Waals surface area contributed by atoms with Crippen LogP contribution in [0, 0.1) is 11.7 Å². The molecule has 2 atom stereocenters. The predicted octanol–water partition coefficient (Wildman–Crippen LogP) is 5.11. The molecule has 2 aromatic carbocycles. The van der Waals surface area contributed by atoms with Crippen molar-refractivity contribution < 1.29 is 27.2 Å². The molecule has 0 radical (unpaired) electrons. The number of nitrogens with one attached hydrogen (secondary N) is 2. The summed E-state index contributed by atoms with van der Waals surface area (Å²) in [5.74, 6) is -1.13. The molecule has 2 saturated carbocycles. The summed E-state index contributed by atoms with van der Waals surface area (Å²) >= 11 is 0. The number of fused-ring (bicyclic) bond motifs is 1. The van der Waals surface area contributed by atoms with Crippen LogP contribution in [-0.2, 0) is 19.4 Å². The lowest BCUT2D eigenvalue weighted by Gasteiger charge is -2.26. The Labute approximate surface area is 268 Å². The van der Waals surface area contributed by atoms with Gasteiger partial charge in [0.2, 0.25) is 11.8 Å². The van der Waals surface area contributed by atoms with Gasteiger partial charge in [-0.15, -0.1) is 0 Å². The molecule has 6 rings (SSSR count). The Balaban J connectivity index is 1.11. The Morgan fingerprint density at radius 1 is 1.00 bits per heavy atom. The maximum atomic E-state index is 13.5. The minimum absolute atomic E-state index is 0.102. The number of hydrogen-bond donors (Lipinski definition) is 2. The molecule has 3 amide bonds. The Hall–Kier alpha value is -4.12. The Bertz CT molecular complexity index is 1800. The summed E-state index contributed by atoms with van der Waals surface area (Å²) in [6, 6.07) is 11.2. The number of benzene rings is 2. The van der Waals surface area contributed by atoms with Crippen molar-refractivity contribution in [3.05, 3.63) is 77.2 Å². The van der Waals surface area contributed by atoms with E-state index in [-0.39, 0.29) is 29.3 Å². The number of pyridine rings is 1. The highest BCUT2D eigenvalue weighted by Crippen LogP contribution is 2.34. The maximum absolute atomic E-state index is 13.5. The van der Waals surface area contributed by atoms with E-state index in [1.54, 1.807) is 24.3 Å². The number of amides is 3. The molecule has 242 valence electrons. The number of likely N-dealkylation sites (tertiary alicyclic amines) is 1. The van der Waals surface area contributed by atoms with Crippen molar-refractivity contribution >= 4 is 44.5 Å². The molecule has 3 aromatic rings. The van der Waals surface area contributed by atoms with Gasteiger partial charge in [-0.3, -0.25) is 14.4 Å². The normalized spacial score (nSPS) is 19.5. The maximum Gasteiger partial charge on any atom is 0.270 e. The molecule has 9 nitrogen and oxygen atoms in total. The molecule has 0 bridgehead atoms. The first-order chi connectivity index (χ1) is 22.1. The molecule has 3 aliphatic rings. The van der Waals surface area contributed by atoms with Gasteiger partial charge in [0.25, 0.3) is 5.91 Å². The monoisotopic (exact) mass is 646 g/mol. The number of halogens is 1. The van der Waals surface area contributed by atoms with Crippen molar-refractivity contribution in [2.24, 2.45) is 5.92 Å². The first-order valence-corrected chi connectivity index (χ1v) is 17.6. The number of nitrogens with zero attached hydrogens (tertiary/aromatic N) is 2. The number of hydrogen-bond acceptors (Lipinski definition) is 6. The standard InChI is InChI=1S/C35H39FN4O5S/c1-22(29-15-14-28(20-24(29)11-10-23-8-9-23)46(44,45)27-5-2-3-6-27)38-35(43)32-7-4-18-40(32)33(41)21-37-34(42)31-16-12-25-19-26(36)13-17-30(25)39-31/h10-17,19-20,22-23,27,32H,2-9,18,21H2,1H3,(H,37,42)(H,38,43)/b11-10+. The third kappa shape index (κ3) is 6.99. The molecule has 1 aromatic heterocycles. The van der Waals surface area contributed by atoms with Gasteiger partial charge in [0, 0.05) is 11.9 Å². The molecule has 2 unspecified atom stereocenters. The van der Waals surface area contributed by atoms with Crippen LogP contribution in [0.1, 0.15) is 85.9 Å². The van der Waals surface area contributed by atoms with E-state index >= 15 is 0 Å². The highest BCUT2D eigenvalue weighted by atomic mass is 32.2. The lowest BCUT2D eigenvalue weighted by atomic mass is 10.00. The van der Waals surface area contributed by atoms with Crippen molar-refractivity contribution in [3.8, 4) is 0 Å². The van der Waals surface area contributed by atoms with Crippen LogP contribution >= 0.6 is 0 Å². The summed E-state index contributed by atoms with van der Waals surface area (Å²) in [5, 5.41) is 5.86. The van der Waals surface area contributed by atoms with Crippen LogP contribution in [0.2, 0.25) is 0 Å². The molecule has 1 saturated heterocycles. The summed E-state index contributed by atoms with van der Waals surface area (Å²) in [6.45, 7) is 1.96. The molecule has 2 N–H and O–H groups in total. The third-order valence-corrected chi connectivity index (χ3v) is 11.5. The number of rotatable bonds is 10. The van der Waals surface area contributed by atoms with E-state index in [0.717, 1.165) is 36.8 Å². The molecule has 11 heteroatoms. The van der Waals surface area contributed by atoms with Crippen molar-refractivity contribution in [2.75, 3.05) is 13.1 Å². The summed E-state index contributed by atoms with van der Waals surface area (Å²) in [7, 11) is -3.43. The molecule has 1 aliphatic heterocycles. The highest BCUT2D eigenvalue weighted by Gasteiger charge is 2.35. The van der Waals surface area contributed by atoms with Crippen LogP contribution in [0.5, 0.6) is 0 Å². The Morgan fingerprint density at radius 2 is 1.78 bits per heavy atom. The average Bonchev–Trinajstić information content (AvgIpc) is 3.47. The van der Waals surface area contributed by atoms with E-state index in [1.165, 1.54) is 29.2 Å². The van der Waals surface area contributed by atoms with Crippen molar-refractivity contribution in [1.29, 1.82) is 0 Å². The zero-order valence-corrected chi connectivity index (χ0v) is 26.7. The second kappa shape index (κ2) is 13.3. The largest absolute Gasteiger partial charge is 0.348 e. The van der Waals surface area contributed by atoms with Crippen molar-refractivity contribution in [3.63, 3.8) is 0 Å². The molecular weight excluding hydrogens is 607 g/mol. The number of aromatic nitrogens is 1. The van der Waals surface area contributed by atoms with Crippen LogP contribution in [0.25, 0.3) is 17.0 Å². The van der Waals surface area contributed by atoms with Gasteiger partial charge in [0.15, 0.2) is 9.84 Å². The number of carbonyl (C=O) groups is 3. The first kappa shape index (κ1) is 31.8. The molecule has 2 aliphatic carbocycles. The van der Waals surface area contributed by atoms with Crippen molar-refractivity contribution in [2.45, 2.75) is 80.5 Å². The van der Waals surface area contributed by atoms with Crippen LogP contribution in [-0.4, -0.2) is 60.4 Å². The summed E-state index contributed by atoms with van der Waals surface area (Å²) < 4.78 is 40.1. The van der Waals surface area contributed by atoms with Gasteiger partial charge in [-0.25, -0.2) is 17.8 Å². The fourth-order valence-electron chi connectivity index (χ4n) is 6.48. The molecule has 46 heavy (non-hydrogen) atoms. The average molecular weight is 647 g/mol.